The fraction of sp³-hybridized carbons (Fsp3) is 0. The molecule has 12 rings (SSSR count). The van der Waals surface area contributed by atoms with E-state index in [-0.39, 0.29) is 0 Å². The van der Waals surface area contributed by atoms with Crippen molar-refractivity contribution in [2.45, 2.75) is 0 Å². The summed E-state index contributed by atoms with van der Waals surface area (Å²) in [4.78, 5) is 2.38. The van der Waals surface area contributed by atoms with Crippen molar-refractivity contribution in [2.75, 3.05) is 4.90 Å². The van der Waals surface area contributed by atoms with E-state index in [1.165, 1.54) is 43.6 Å². The Morgan fingerprint density at radius 3 is 1.83 bits per heavy atom. The highest BCUT2D eigenvalue weighted by molar-refractivity contribution is 6.15. The fourth-order valence-corrected chi connectivity index (χ4v) is 9.16. The molecule has 0 spiro atoms. The van der Waals surface area contributed by atoms with Crippen LogP contribution in [-0.2, 0) is 0 Å². The van der Waals surface area contributed by atoms with Crippen LogP contribution in [0.5, 0.6) is 0 Å². The van der Waals surface area contributed by atoms with Gasteiger partial charge in [0.2, 0.25) is 0 Å². The molecule has 59 heavy (non-hydrogen) atoms. The quantitative estimate of drug-likeness (QED) is 0.169. The summed E-state index contributed by atoms with van der Waals surface area (Å²) in [5.41, 5.74) is 13.0. The zero-order valence-electron chi connectivity index (χ0n) is 32.1. The lowest BCUT2D eigenvalue weighted by atomic mass is 9.92. The molecule has 0 saturated heterocycles. The molecule has 0 radical (unpaired) electrons. The van der Waals surface area contributed by atoms with E-state index in [1.54, 1.807) is 0 Å². The fourth-order valence-electron chi connectivity index (χ4n) is 9.16. The van der Waals surface area contributed by atoms with E-state index in [0.29, 0.717) is 0 Å². The number of hydrogen-bond donors (Lipinski definition) is 0. The smallest absolute Gasteiger partial charge is 0.159 e. The number of hydrogen-bond acceptors (Lipinski definition) is 2. The molecular weight excluding hydrogens is 717 g/mol. The van der Waals surface area contributed by atoms with Gasteiger partial charge in [0.05, 0.1) is 16.7 Å². The van der Waals surface area contributed by atoms with Crippen molar-refractivity contribution >= 4 is 82.4 Å². The average Bonchev–Trinajstić information content (AvgIpc) is 3.84. The number of rotatable bonds is 6. The predicted molar refractivity (Wildman–Crippen MR) is 249 cm³/mol. The summed E-state index contributed by atoms with van der Waals surface area (Å²) in [5.74, 6) is 0. The summed E-state index contributed by atoms with van der Waals surface area (Å²) >= 11 is 0. The highest BCUT2D eigenvalue weighted by atomic mass is 16.3. The first-order chi connectivity index (χ1) is 29.2. The first kappa shape index (κ1) is 33.3. The Balaban J connectivity index is 1.13. The molecule has 3 heteroatoms. The molecule has 10 aromatic carbocycles. The summed E-state index contributed by atoms with van der Waals surface area (Å²) in [6.45, 7) is 0. The van der Waals surface area contributed by atoms with E-state index in [9.17, 15) is 0 Å². The van der Waals surface area contributed by atoms with Crippen LogP contribution < -0.4 is 4.90 Å². The Hall–Kier alpha value is -7.88. The van der Waals surface area contributed by atoms with E-state index in [1.807, 2.05) is 0 Å². The highest BCUT2D eigenvalue weighted by Gasteiger charge is 2.23. The molecule has 0 aliphatic carbocycles. The third-order valence-corrected chi connectivity index (χ3v) is 11.9. The lowest BCUT2D eigenvalue weighted by Crippen LogP contribution is -2.10. The number of aromatic nitrogens is 1. The van der Waals surface area contributed by atoms with Crippen molar-refractivity contribution in [3.05, 3.63) is 218 Å². The van der Waals surface area contributed by atoms with Crippen molar-refractivity contribution < 1.29 is 4.42 Å². The molecular formula is C56H36N2O. The number of furan rings is 1. The second-order valence-corrected chi connectivity index (χ2v) is 15.3. The van der Waals surface area contributed by atoms with Gasteiger partial charge in [0, 0.05) is 38.6 Å². The molecule has 276 valence electrons. The van der Waals surface area contributed by atoms with E-state index in [0.717, 1.165) is 66.7 Å². The molecule has 3 nitrogen and oxygen atoms in total. The van der Waals surface area contributed by atoms with Crippen LogP contribution in [-0.4, -0.2) is 4.57 Å². The highest BCUT2D eigenvalue weighted by Crippen LogP contribution is 2.46. The summed E-state index contributed by atoms with van der Waals surface area (Å²) in [6.07, 6.45) is 0. The minimum Gasteiger partial charge on any atom is -0.454 e. The van der Waals surface area contributed by atoms with Crippen molar-refractivity contribution in [3.63, 3.8) is 0 Å². The SMILES string of the molecule is c1ccc(-c2cc(N(c3ccc4c(c3)c3ccccc3n4-c3ccccc3)c3cccc4c3oc3cc5ccccc5cc34)ccc2-c2ccc3ccccc3c2)cc1. The second kappa shape index (κ2) is 13.4. The van der Waals surface area contributed by atoms with E-state index < -0.39 is 0 Å². The van der Waals surface area contributed by atoms with Gasteiger partial charge in [-0.25, -0.2) is 0 Å². The molecule has 0 amide bonds. The number of benzene rings is 10. The molecule has 0 saturated carbocycles. The van der Waals surface area contributed by atoms with Crippen LogP contribution in [0.3, 0.4) is 0 Å². The predicted octanol–water partition coefficient (Wildman–Crippen LogP) is 15.8. The summed E-state index contributed by atoms with van der Waals surface area (Å²) < 4.78 is 9.31. The van der Waals surface area contributed by atoms with Gasteiger partial charge < -0.3 is 13.9 Å². The molecule has 2 aromatic heterocycles. The number of fused-ring (bicyclic) bond motifs is 8. The van der Waals surface area contributed by atoms with Gasteiger partial charge in [-0.3, -0.25) is 0 Å². The molecule has 0 fully saturated rings. The Kier molecular flexibility index (Phi) is 7.54. The van der Waals surface area contributed by atoms with Crippen LogP contribution in [0, 0.1) is 0 Å². The largest absolute Gasteiger partial charge is 0.454 e. The Morgan fingerprint density at radius 2 is 1.00 bits per heavy atom. The van der Waals surface area contributed by atoms with Crippen LogP contribution in [0.4, 0.5) is 17.1 Å². The monoisotopic (exact) mass is 752 g/mol. The summed E-state index contributed by atoms with van der Waals surface area (Å²) in [6, 6.07) is 78.8. The zero-order valence-corrected chi connectivity index (χ0v) is 32.1. The first-order valence-corrected chi connectivity index (χ1v) is 20.2. The number of anilines is 3. The number of para-hydroxylation sites is 3. The van der Waals surface area contributed by atoms with Gasteiger partial charge >= 0.3 is 0 Å². The lowest BCUT2D eigenvalue weighted by molar-refractivity contribution is 0.669. The lowest BCUT2D eigenvalue weighted by Gasteiger charge is -2.27. The van der Waals surface area contributed by atoms with Crippen LogP contribution in [0.25, 0.3) is 93.2 Å². The van der Waals surface area contributed by atoms with Crippen LogP contribution in [0.2, 0.25) is 0 Å². The molecule has 0 N–H and O–H groups in total. The maximum Gasteiger partial charge on any atom is 0.159 e. The second-order valence-electron chi connectivity index (χ2n) is 15.3. The van der Waals surface area contributed by atoms with E-state index >= 15 is 0 Å². The topological polar surface area (TPSA) is 21.3 Å². The number of nitrogens with zero attached hydrogens (tertiary/aromatic N) is 2. The molecule has 12 aromatic rings. The van der Waals surface area contributed by atoms with E-state index in [2.05, 4.69) is 228 Å². The van der Waals surface area contributed by atoms with Gasteiger partial charge in [-0.05, 0) is 117 Å². The van der Waals surface area contributed by atoms with Gasteiger partial charge in [-0.2, -0.15) is 0 Å². The standard InChI is InChI=1S/C56H36N2O/c1-3-15-38(16-4-1)49-35-44(28-30-46(49)42-27-26-37-14-7-8-17-39(37)32-42)57(54-25-13-23-48-51-33-40-18-9-10-19-41(40)34-55(51)59-56(48)54)45-29-31-53-50(36-45)47-22-11-12-24-52(47)58(53)43-20-5-2-6-21-43/h1-36H. The van der Waals surface area contributed by atoms with Crippen LogP contribution in [0.1, 0.15) is 0 Å². The minimum atomic E-state index is 0.851. The van der Waals surface area contributed by atoms with Gasteiger partial charge in [0.25, 0.3) is 0 Å². The Labute approximate surface area is 341 Å². The van der Waals surface area contributed by atoms with Crippen molar-refractivity contribution in [2.24, 2.45) is 0 Å². The van der Waals surface area contributed by atoms with Gasteiger partial charge in [-0.15, -0.1) is 0 Å². The molecule has 0 bridgehead atoms. The maximum absolute atomic E-state index is 6.94. The Morgan fingerprint density at radius 1 is 0.356 bits per heavy atom. The minimum absolute atomic E-state index is 0.851. The van der Waals surface area contributed by atoms with Crippen molar-refractivity contribution in [3.8, 4) is 27.9 Å². The van der Waals surface area contributed by atoms with Crippen LogP contribution >= 0.6 is 0 Å². The third-order valence-electron chi connectivity index (χ3n) is 11.9. The summed E-state index contributed by atoms with van der Waals surface area (Å²) in [7, 11) is 0. The van der Waals surface area contributed by atoms with E-state index in [4.69, 9.17) is 4.42 Å². The molecule has 2 heterocycles. The van der Waals surface area contributed by atoms with Crippen molar-refractivity contribution in [1.29, 1.82) is 0 Å². The molecule has 0 aliphatic heterocycles. The van der Waals surface area contributed by atoms with Crippen molar-refractivity contribution in [1.82, 2.24) is 4.57 Å². The Bertz CT molecular complexity index is 3560. The van der Waals surface area contributed by atoms with Gasteiger partial charge in [0.1, 0.15) is 5.58 Å². The maximum atomic E-state index is 6.94. The summed E-state index contributed by atoms with van der Waals surface area (Å²) in [5, 5.41) is 9.41. The van der Waals surface area contributed by atoms with Gasteiger partial charge in [0.15, 0.2) is 5.58 Å². The van der Waals surface area contributed by atoms with Crippen LogP contribution in [0.15, 0.2) is 223 Å². The first-order valence-electron chi connectivity index (χ1n) is 20.2. The third kappa shape index (κ3) is 5.44. The molecule has 0 atom stereocenters. The molecule has 0 aliphatic rings. The molecule has 0 unspecified atom stereocenters. The average molecular weight is 753 g/mol. The van der Waals surface area contributed by atoms with Gasteiger partial charge in [-0.1, -0.05) is 146 Å². The normalized spacial score (nSPS) is 11.7. The zero-order chi connectivity index (χ0) is 38.9.